The quantitative estimate of drug-likeness (QED) is 0.532. The van der Waals surface area contributed by atoms with Crippen LogP contribution in [0, 0.1) is 0 Å². The van der Waals surface area contributed by atoms with Crippen molar-refractivity contribution in [2.75, 3.05) is 22.9 Å². The van der Waals surface area contributed by atoms with Crippen LogP contribution < -0.4 is 20.7 Å². The van der Waals surface area contributed by atoms with Gasteiger partial charge in [0.15, 0.2) is 0 Å². The van der Waals surface area contributed by atoms with Crippen molar-refractivity contribution in [3.8, 4) is 0 Å². The van der Waals surface area contributed by atoms with Gasteiger partial charge in [0.05, 0.1) is 21.4 Å². The van der Waals surface area contributed by atoms with Gasteiger partial charge >= 0.3 is 0 Å². The molecule has 3 aromatic carbocycles. The molecule has 5 rings (SSSR count). The highest BCUT2D eigenvalue weighted by Gasteiger charge is 2.28. The monoisotopic (exact) mass is 432 g/mol. The van der Waals surface area contributed by atoms with Crippen molar-refractivity contribution >= 4 is 47.1 Å². The van der Waals surface area contributed by atoms with Crippen LogP contribution in [0.2, 0.25) is 0 Å². The molecule has 2 aliphatic heterocycles. The SMILES string of the molecule is CCN1/C(=C/c2c(/C=C3\Sc4ccccc4N3CC)c(=O)c2=O)Sc2ccccc21. The van der Waals surface area contributed by atoms with E-state index in [0.29, 0.717) is 11.1 Å². The van der Waals surface area contributed by atoms with E-state index < -0.39 is 10.9 Å². The lowest BCUT2D eigenvalue weighted by Crippen LogP contribution is -2.37. The predicted octanol–water partition coefficient (Wildman–Crippen LogP) is 5.14. The Kier molecular flexibility index (Phi) is 4.83. The number of para-hydroxylation sites is 2. The van der Waals surface area contributed by atoms with Crippen LogP contribution >= 0.6 is 23.5 Å². The molecule has 0 bridgehead atoms. The van der Waals surface area contributed by atoms with Crippen LogP contribution in [0.1, 0.15) is 25.0 Å². The summed E-state index contributed by atoms with van der Waals surface area (Å²) in [6.45, 7) is 5.78. The number of thioether (sulfide) groups is 2. The minimum absolute atomic E-state index is 0.398. The van der Waals surface area contributed by atoms with Crippen LogP contribution in [0.5, 0.6) is 0 Å². The molecule has 0 spiro atoms. The Morgan fingerprint density at radius 3 is 1.50 bits per heavy atom. The van der Waals surface area contributed by atoms with E-state index in [1.165, 1.54) is 9.79 Å². The zero-order valence-corrected chi connectivity index (χ0v) is 18.3. The summed E-state index contributed by atoms with van der Waals surface area (Å²) in [4.78, 5) is 31.6. The van der Waals surface area contributed by atoms with Crippen LogP contribution in [0.3, 0.4) is 0 Å². The lowest BCUT2D eigenvalue weighted by atomic mass is 10.0. The van der Waals surface area contributed by atoms with E-state index in [1.54, 1.807) is 23.5 Å². The van der Waals surface area contributed by atoms with Crippen LogP contribution in [-0.2, 0) is 0 Å². The molecule has 2 heterocycles. The Labute approximate surface area is 183 Å². The molecule has 0 radical (unpaired) electrons. The lowest BCUT2D eigenvalue weighted by Gasteiger charge is -2.19. The van der Waals surface area contributed by atoms with Crippen molar-refractivity contribution in [1.29, 1.82) is 0 Å². The third-order valence-electron chi connectivity index (χ3n) is 5.43. The Morgan fingerprint density at radius 1 is 0.700 bits per heavy atom. The smallest absolute Gasteiger partial charge is 0.234 e. The van der Waals surface area contributed by atoms with Gasteiger partial charge in [-0.25, -0.2) is 0 Å². The Hall–Kier alpha value is -2.70. The maximum atomic E-state index is 12.4. The molecular weight excluding hydrogens is 412 g/mol. The summed E-state index contributed by atoms with van der Waals surface area (Å²) in [6, 6.07) is 16.4. The molecular formula is C24H20N2O2S2. The summed E-state index contributed by atoms with van der Waals surface area (Å²) < 4.78 is 0. The lowest BCUT2D eigenvalue weighted by molar-refractivity contribution is 1.00. The van der Waals surface area contributed by atoms with Gasteiger partial charge in [-0.05, 0) is 50.3 Å². The second-order valence-corrected chi connectivity index (χ2v) is 9.20. The van der Waals surface area contributed by atoms with Gasteiger partial charge in [0, 0.05) is 34.0 Å². The molecule has 3 aromatic rings. The highest BCUT2D eigenvalue weighted by Crippen LogP contribution is 2.47. The minimum Gasteiger partial charge on any atom is -0.335 e. The molecule has 2 aliphatic rings. The molecule has 6 heteroatoms. The fourth-order valence-electron chi connectivity index (χ4n) is 3.93. The molecule has 30 heavy (non-hydrogen) atoms. The molecule has 150 valence electrons. The van der Waals surface area contributed by atoms with Crippen LogP contribution in [0.25, 0.3) is 12.2 Å². The van der Waals surface area contributed by atoms with Crippen molar-refractivity contribution in [1.82, 2.24) is 0 Å². The van der Waals surface area contributed by atoms with E-state index in [2.05, 4.69) is 47.9 Å². The predicted molar refractivity (Wildman–Crippen MR) is 128 cm³/mol. The zero-order chi connectivity index (χ0) is 20.8. The second kappa shape index (κ2) is 7.52. The highest BCUT2D eigenvalue weighted by molar-refractivity contribution is 8.04. The van der Waals surface area contributed by atoms with Gasteiger partial charge in [0.1, 0.15) is 0 Å². The largest absolute Gasteiger partial charge is 0.335 e. The van der Waals surface area contributed by atoms with Crippen molar-refractivity contribution in [2.45, 2.75) is 23.6 Å². The fourth-order valence-corrected chi connectivity index (χ4v) is 6.27. The van der Waals surface area contributed by atoms with Gasteiger partial charge in [0.25, 0.3) is 0 Å². The number of rotatable bonds is 4. The molecule has 4 nitrogen and oxygen atoms in total. The van der Waals surface area contributed by atoms with E-state index in [1.807, 2.05) is 36.4 Å². The first kappa shape index (κ1) is 19.3. The normalized spacial score (nSPS) is 17.9. The number of hydrogen-bond acceptors (Lipinski definition) is 6. The molecule has 0 atom stereocenters. The summed E-state index contributed by atoms with van der Waals surface area (Å²) in [6.07, 6.45) is 3.76. The van der Waals surface area contributed by atoms with Crippen LogP contribution in [0.15, 0.2) is 78.0 Å². The van der Waals surface area contributed by atoms with Gasteiger partial charge in [0.2, 0.25) is 10.9 Å². The topological polar surface area (TPSA) is 40.6 Å². The van der Waals surface area contributed by atoms with E-state index in [0.717, 1.165) is 34.5 Å². The summed E-state index contributed by atoms with van der Waals surface area (Å²) in [5, 5.41) is 1.97. The van der Waals surface area contributed by atoms with Gasteiger partial charge in [-0.1, -0.05) is 47.8 Å². The number of hydrogen-bond donors (Lipinski definition) is 0. The van der Waals surface area contributed by atoms with Crippen molar-refractivity contribution in [3.05, 3.63) is 90.2 Å². The molecule has 0 unspecified atom stereocenters. The molecule has 0 N–H and O–H groups in total. The van der Waals surface area contributed by atoms with E-state index in [9.17, 15) is 9.59 Å². The molecule has 0 fully saturated rings. The third kappa shape index (κ3) is 2.94. The van der Waals surface area contributed by atoms with Crippen LogP contribution in [0.4, 0.5) is 11.4 Å². The maximum absolute atomic E-state index is 12.4. The van der Waals surface area contributed by atoms with Crippen LogP contribution in [-0.4, -0.2) is 13.1 Å². The van der Waals surface area contributed by atoms with Gasteiger partial charge in [-0.2, -0.15) is 0 Å². The van der Waals surface area contributed by atoms with E-state index in [-0.39, 0.29) is 0 Å². The summed E-state index contributed by atoms with van der Waals surface area (Å²) >= 11 is 3.28. The summed E-state index contributed by atoms with van der Waals surface area (Å²) in [7, 11) is 0. The first-order chi connectivity index (χ1) is 14.6. The van der Waals surface area contributed by atoms with E-state index in [4.69, 9.17) is 0 Å². The van der Waals surface area contributed by atoms with E-state index >= 15 is 0 Å². The summed E-state index contributed by atoms with van der Waals surface area (Å²) in [5.74, 6) is 0. The average Bonchev–Trinajstić information content (AvgIpc) is 3.32. The van der Waals surface area contributed by atoms with Crippen molar-refractivity contribution < 1.29 is 0 Å². The molecule has 0 aliphatic carbocycles. The first-order valence-corrected chi connectivity index (χ1v) is 11.6. The Balaban J connectivity index is 1.53. The van der Waals surface area contributed by atoms with Gasteiger partial charge < -0.3 is 9.80 Å². The molecule has 0 aromatic heterocycles. The summed E-state index contributed by atoms with van der Waals surface area (Å²) in [5.41, 5.74) is 2.52. The van der Waals surface area contributed by atoms with Gasteiger partial charge in [-0.3, -0.25) is 9.59 Å². The van der Waals surface area contributed by atoms with Crippen molar-refractivity contribution in [3.63, 3.8) is 0 Å². The highest BCUT2D eigenvalue weighted by atomic mass is 32.2. The standard InChI is InChI=1S/C24H20N2O2S2/c1-3-25-17-9-5-7-11-19(17)29-21(25)13-15-16(24(28)23(15)27)14-22-26(4-2)18-10-6-8-12-20(18)30-22/h5-14H,3-4H2,1-2H3/b21-13-,22-14-. The number of fused-ring (bicyclic) bond motifs is 2. The average molecular weight is 433 g/mol. The number of benzene rings is 2. The first-order valence-electron chi connectivity index (χ1n) is 9.98. The third-order valence-corrected chi connectivity index (χ3v) is 7.65. The van der Waals surface area contributed by atoms with Crippen molar-refractivity contribution in [2.24, 2.45) is 0 Å². The molecule has 0 saturated carbocycles. The maximum Gasteiger partial charge on any atom is 0.234 e. The van der Waals surface area contributed by atoms with Gasteiger partial charge in [-0.15, -0.1) is 0 Å². The number of nitrogens with zero attached hydrogens (tertiary/aromatic N) is 2. The second-order valence-electron chi connectivity index (χ2n) is 7.08. The Morgan fingerprint density at radius 2 is 1.10 bits per heavy atom. The number of anilines is 2. The fraction of sp³-hybridized carbons (Fsp3) is 0.167. The molecule has 0 saturated heterocycles. The molecule has 0 amide bonds. The minimum atomic E-state index is -0.398. The zero-order valence-electron chi connectivity index (χ0n) is 16.7. The Bertz CT molecular complexity index is 1190.